The third-order valence-electron chi connectivity index (χ3n) is 3.32. The van der Waals surface area contributed by atoms with Gasteiger partial charge in [0.1, 0.15) is 11.4 Å². The molecule has 0 aromatic carbocycles. The zero-order chi connectivity index (χ0) is 13.0. The highest BCUT2D eigenvalue weighted by Gasteiger charge is 2.27. The molecular formula is C13H21N3O2. The number of hydrogen-bond acceptors (Lipinski definition) is 3. The lowest BCUT2D eigenvalue weighted by atomic mass is 9.93. The minimum absolute atomic E-state index is 0.354. The van der Waals surface area contributed by atoms with E-state index in [1.807, 2.05) is 0 Å². The van der Waals surface area contributed by atoms with Crippen LogP contribution in [0, 0.1) is 0 Å². The molecule has 2 rings (SSSR count). The highest BCUT2D eigenvalue weighted by Crippen LogP contribution is 2.20. The third-order valence-corrected chi connectivity index (χ3v) is 3.32. The van der Waals surface area contributed by atoms with Crippen LogP contribution >= 0.6 is 0 Å². The summed E-state index contributed by atoms with van der Waals surface area (Å²) in [6, 6.07) is 4.06. The van der Waals surface area contributed by atoms with Gasteiger partial charge in [0.15, 0.2) is 5.96 Å². The maximum atomic E-state index is 10.3. The Morgan fingerprint density at radius 1 is 1.61 bits per heavy atom. The Balaban J connectivity index is 1.85. The van der Waals surface area contributed by atoms with Gasteiger partial charge >= 0.3 is 0 Å². The maximum Gasteiger partial charge on any atom is 0.191 e. The topological polar surface area (TPSA) is 69.8 Å². The number of nitrogens with one attached hydrogen (secondary N) is 2. The highest BCUT2D eigenvalue weighted by molar-refractivity contribution is 5.80. The van der Waals surface area contributed by atoms with E-state index in [9.17, 15) is 5.11 Å². The summed E-state index contributed by atoms with van der Waals surface area (Å²) in [7, 11) is 1.73. The molecule has 0 aliphatic heterocycles. The largest absolute Gasteiger partial charge is 0.466 e. The first-order valence-corrected chi connectivity index (χ1v) is 6.35. The van der Waals surface area contributed by atoms with E-state index in [0.717, 1.165) is 5.96 Å². The van der Waals surface area contributed by atoms with Gasteiger partial charge in [-0.3, -0.25) is 4.99 Å². The first kappa shape index (κ1) is 13.0. The summed E-state index contributed by atoms with van der Waals surface area (Å²) < 4.78 is 5.23. The Hall–Kier alpha value is -1.49. The molecule has 0 bridgehead atoms. The Morgan fingerprint density at radius 3 is 2.89 bits per heavy atom. The van der Waals surface area contributed by atoms with Crippen molar-refractivity contribution in [3.05, 3.63) is 24.2 Å². The second kappa shape index (κ2) is 5.44. The minimum atomic E-state index is -1.04. The zero-order valence-corrected chi connectivity index (χ0v) is 10.9. The van der Waals surface area contributed by atoms with Crippen LogP contribution in [-0.4, -0.2) is 30.7 Å². The lowest BCUT2D eigenvalue weighted by Crippen LogP contribution is -2.49. The van der Waals surface area contributed by atoms with Gasteiger partial charge < -0.3 is 20.2 Å². The number of rotatable bonds is 4. The zero-order valence-electron chi connectivity index (χ0n) is 10.9. The molecule has 0 amide bonds. The van der Waals surface area contributed by atoms with E-state index in [1.165, 1.54) is 19.3 Å². The average molecular weight is 251 g/mol. The van der Waals surface area contributed by atoms with E-state index in [1.54, 1.807) is 32.4 Å². The molecule has 1 unspecified atom stereocenters. The van der Waals surface area contributed by atoms with Gasteiger partial charge in [0.25, 0.3) is 0 Å². The van der Waals surface area contributed by atoms with Crippen LogP contribution in [0.4, 0.5) is 0 Å². The normalized spacial score (nSPS) is 20.1. The molecule has 5 heteroatoms. The first-order chi connectivity index (χ1) is 8.62. The monoisotopic (exact) mass is 251 g/mol. The number of aliphatic imine (C=N–C) groups is 1. The molecule has 0 saturated heterocycles. The van der Waals surface area contributed by atoms with Gasteiger partial charge in [-0.15, -0.1) is 0 Å². The van der Waals surface area contributed by atoms with Crippen molar-refractivity contribution in [2.24, 2.45) is 4.99 Å². The number of aliphatic hydroxyl groups is 1. The van der Waals surface area contributed by atoms with E-state index in [0.29, 0.717) is 18.3 Å². The molecule has 1 heterocycles. The van der Waals surface area contributed by atoms with Gasteiger partial charge in [-0.2, -0.15) is 0 Å². The molecule has 0 radical (unpaired) electrons. The van der Waals surface area contributed by atoms with E-state index in [-0.39, 0.29) is 0 Å². The first-order valence-electron chi connectivity index (χ1n) is 6.35. The lowest BCUT2D eigenvalue weighted by molar-refractivity contribution is 0.0385. The van der Waals surface area contributed by atoms with Crippen molar-refractivity contribution in [2.75, 3.05) is 13.6 Å². The van der Waals surface area contributed by atoms with Gasteiger partial charge in [0.05, 0.1) is 12.8 Å². The summed E-state index contributed by atoms with van der Waals surface area (Å²) in [5.41, 5.74) is -1.04. The van der Waals surface area contributed by atoms with Crippen molar-refractivity contribution in [3.8, 4) is 0 Å². The van der Waals surface area contributed by atoms with Crippen LogP contribution in [-0.2, 0) is 5.60 Å². The summed E-state index contributed by atoms with van der Waals surface area (Å²) in [4.78, 5) is 4.15. The molecule has 1 atom stereocenters. The number of furan rings is 1. The molecule has 0 spiro atoms. The van der Waals surface area contributed by atoms with Crippen LogP contribution in [0.3, 0.4) is 0 Å². The fourth-order valence-corrected chi connectivity index (χ4v) is 1.87. The Labute approximate surface area is 107 Å². The molecular weight excluding hydrogens is 230 g/mol. The molecule has 5 nitrogen and oxygen atoms in total. The van der Waals surface area contributed by atoms with Gasteiger partial charge in [0.2, 0.25) is 0 Å². The van der Waals surface area contributed by atoms with Crippen LogP contribution in [0.15, 0.2) is 27.8 Å². The second-order valence-electron chi connectivity index (χ2n) is 4.95. The van der Waals surface area contributed by atoms with E-state index < -0.39 is 5.60 Å². The van der Waals surface area contributed by atoms with E-state index >= 15 is 0 Å². The van der Waals surface area contributed by atoms with Crippen LogP contribution in [0.1, 0.15) is 31.9 Å². The van der Waals surface area contributed by atoms with Crippen LogP contribution in [0.5, 0.6) is 0 Å². The van der Waals surface area contributed by atoms with Crippen LogP contribution in [0.25, 0.3) is 0 Å². The van der Waals surface area contributed by atoms with Gasteiger partial charge in [-0.05, 0) is 38.3 Å². The van der Waals surface area contributed by atoms with Crippen molar-refractivity contribution in [1.29, 1.82) is 0 Å². The fourth-order valence-electron chi connectivity index (χ4n) is 1.87. The van der Waals surface area contributed by atoms with Gasteiger partial charge in [0, 0.05) is 13.1 Å². The van der Waals surface area contributed by atoms with Crippen molar-refractivity contribution in [3.63, 3.8) is 0 Å². The lowest BCUT2D eigenvalue weighted by Gasteiger charge is -2.29. The number of hydrogen-bond donors (Lipinski definition) is 3. The molecule has 18 heavy (non-hydrogen) atoms. The van der Waals surface area contributed by atoms with Crippen molar-refractivity contribution in [2.45, 2.75) is 37.8 Å². The summed E-state index contributed by atoms with van der Waals surface area (Å²) in [5.74, 6) is 1.28. The summed E-state index contributed by atoms with van der Waals surface area (Å²) in [6.45, 7) is 2.07. The molecule has 1 aliphatic rings. The Kier molecular flexibility index (Phi) is 3.91. The Morgan fingerprint density at radius 2 is 2.39 bits per heavy atom. The minimum Gasteiger partial charge on any atom is -0.466 e. The SMILES string of the molecule is CN=C(NCC(C)(O)c1ccco1)NC1CCC1. The van der Waals surface area contributed by atoms with Crippen molar-refractivity contribution < 1.29 is 9.52 Å². The molecule has 1 fully saturated rings. The third kappa shape index (κ3) is 3.04. The van der Waals surface area contributed by atoms with Crippen LogP contribution in [0.2, 0.25) is 0 Å². The molecule has 1 aliphatic carbocycles. The average Bonchev–Trinajstić information content (AvgIpc) is 2.81. The second-order valence-corrected chi connectivity index (χ2v) is 4.95. The van der Waals surface area contributed by atoms with Gasteiger partial charge in [-0.25, -0.2) is 0 Å². The molecule has 3 N–H and O–H groups in total. The predicted octanol–water partition coefficient (Wildman–Crippen LogP) is 1.20. The predicted molar refractivity (Wildman–Crippen MR) is 70.4 cm³/mol. The number of nitrogens with zero attached hydrogens (tertiary/aromatic N) is 1. The Bertz CT molecular complexity index is 394. The maximum absolute atomic E-state index is 10.3. The standard InChI is InChI=1S/C13H21N3O2/c1-13(17,11-7-4-8-18-11)9-15-12(14-2)16-10-5-3-6-10/h4,7-8,10,17H,3,5-6,9H2,1-2H3,(H2,14,15,16). The van der Waals surface area contributed by atoms with E-state index in [4.69, 9.17) is 4.42 Å². The smallest absolute Gasteiger partial charge is 0.191 e. The van der Waals surface area contributed by atoms with Crippen LogP contribution < -0.4 is 10.6 Å². The van der Waals surface area contributed by atoms with Crippen molar-refractivity contribution >= 4 is 5.96 Å². The van der Waals surface area contributed by atoms with Gasteiger partial charge in [-0.1, -0.05) is 0 Å². The van der Waals surface area contributed by atoms with E-state index in [2.05, 4.69) is 15.6 Å². The quantitative estimate of drug-likeness (QED) is 0.555. The van der Waals surface area contributed by atoms with Crippen molar-refractivity contribution in [1.82, 2.24) is 10.6 Å². The molecule has 100 valence electrons. The molecule has 1 aromatic rings. The highest BCUT2D eigenvalue weighted by atomic mass is 16.4. The number of guanidine groups is 1. The summed E-state index contributed by atoms with van der Waals surface area (Å²) in [5, 5.41) is 16.7. The summed E-state index contributed by atoms with van der Waals surface area (Å²) in [6.07, 6.45) is 5.22. The fraction of sp³-hybridized carbons (Fsp3) is 0.615. The summed E-state index contributed by atoms with van der Waals surface area (Å²) >= 11 is 0. The molecule has 1 aromatic heterocycles. The molecule has 1 saturated carbocycles.